The molecule has 19 heavy (non-hydrogen) atoms. The van der Waals surface area contributed by atoms with Crippen LogP contribution in [0.1, 0.15) is 23.8 Å². The van der Waals surface area contributed by atoms with Gasteiger partial charge in [0.05, 0.1) is 0 Å². The third kappa shape index (κ3) is 2.59. The monoisotopic (exact) mass is 260 g/mol. The van der Waals surface area contributed by atoms with Crippen LogP contribution >= 0.6 is 0 Å². The fraction of sp³-hybridized carbons (Fsp3) is 0.286. The van der Waals surface area contributed by atoms with Gasteiger partial charge in [-0.05, 0) is 12.0 Å². The maximum absolute atomic E-state index is 12.1. The highest BCUT2D eigenvalue weighted by Gasteiger charge is 2.22. The first-order valence-corrected chi connectivity index (χ1v) is 6.19. The van der Waals surface area contributed by atoms with E-state index in [0.29, 0.717) is 17.7 Å². The summed E-state index contributed by atoms with van der Waals surface area (Å²) in [5.41, 5.74) is 0.732. The van der Waals surface area contributed by atoms with Crippen LogP contribution in [0, 0.1) is 0 Å². The molecule has 2 aromatic rings. The van der Waals surface area contributed by atoms with Gasteiger partial charge in [-0.15, -0.1) is 0 Å². The van der Waals surface area contributed by atoms with Gasteiger partial charge in [0.2, 0.25) is 0 Å². The van der Waals surface area contributed by atoms with Gasteiger partial charge in [-0.3, -0.25) is 4.79 Å². The molecular weight excluding hydrogens is 244 g/mol. The molecule has 0 radical (unpaired) electrons. The molecule has 0 aliphatic carbocycles. The van der Waals surface area contributed by atoms with Crippen LogP contribution in [-0.2, 0) is 7.05 Å². The molecule has 1 aromatic heterocycles. The van der Waals surface area contributed by atoms with Crippen LogP contribution < -0.4 is 10.9 Å². The molecule has 0 atom stereocenters. The summed E-state index contributed by atoms with van der Waals surface area (Å²) in [7, 11) is 1.55. The van der Waals surface area contributed by atoms with Crippen molar-refractivity contribution in [3.05, 3.63) is 46.4 Å². The second kappa shape index (κ2) is 5.56. The Kier molecular flexibility index (Phi) is 3.85. The number of amides is 1. The van der Waals surface area contributed by atoms with Crippen molar-refractivity contribution in [2.24, 2.45) is 7.05 Å². The molecule has 2 rings (SSSR count). The number of benzene rings is 1. The van der Waals surface area contributed by atoms with Gasteiger partial charge < -0.3 is 9.84 Å². The SMILES string of the molecule is CCCNC(=O)c1c(-c2ccccc2)c(=O)on1C. The second-order valence-electron chi connectivity index (χ2n) is 4.22. The molecule has 0 fully saturated rings. The Bertz CT molecular complexity index is 626. The van der Waals surface area contributed by atoms with Gasteiger partial charge in [-0.1, -0.05) is 37.3 Å². The van der Waals surface area contributed by atoms with Gasteiger partial charge in [-0.2, -0.15) is 0 Å². The van der Waals surface area contributed by atoms with Crippen LogP contribution in [0.5, 0.6) is 0 Å². The highest BCUT2D eigenvalue weighted by Crippen LogP contribution is 2.20. The number of carbonyl (C=O) groups excluding carboxylic acids is 1. The highest BCUT2D eigenvalue weighted by atomic mass is 16.5. The van der Waals surface area contributed by atoms with Crippen molar-refractivity contribution in [3.8, 4) is 11.1 Å². The minimum Gasteiger partial charge on any atom is -0.351 e. The zero-order valence-electron chi connectivity index (χ0n) is 11.0. The van der Waals surface area contributed by atoms with Crippen molar-refractivity contribution < 1.29 is 9.32 Å². The van der Waals surface area contributed by atoms with Crippen LogP contribution in [0.4, 0.5) is 0 Å². The van der Waals surface area contributed by atoms with E-state index in [-0.39, 0.29) is 11.6 Å². The van der Waals surface area contributed by atoms with Crippen LogP contribution in [-0.4, -0.2) is 17.2 Å². The Morgan fingerprint density at radius 1 is 1.32 bits per heavy atom. The topological polar surface area (TPSA) is 64.2 Å². The van der Waals surface area contributed by atoms with Crippen LogP contribution in [0.25, 0.3) is 11.1 Å². The second-order valence-corrected chi connectivity index (χ2v) is 4.22. The van der Waals surface area contributed by atoms with Gasteiger partial charge in [0.1, 0.15) is 5.56 Å². The molecule has 1 amide bonds. The highest BCUT2D eigenvalue weighted by molar-refractivity contribution is 5.98. The molecule has 0 saturated carbocycles. The van der Waals surface area contributed by atoms with E-state index in [1.807, 2.05) is 25.1 Å². The number of carbonyl (C=O) groups is 1. The lowest BCUT2D eigenvalue weighted by atomic mass is 10.1. The van der Waals surface area contributed by atoms with Crippen molar-refractivity contribution >= 4 is 5.91 Å². The fourth-order valence-electron chi connectivity index (χ4n) is 1.91. The molecule has 0 unspecified atom stereocenters. The molecule has 0 spiro atoms. The average molecular weight is 260 g/mol. The van der Waals surface area contributed by atoms with Crippen molar-refractivity contribution in [1.82, 2.24) is 10.1 Å². The summed E-state index contributed by atoms with van der Waals surface area (Å²) in [5, 5.41) is 2.75. The first-order valence-electron chi connectivity index (χ1n) is 6.19. The first-order chi connectivity index (χ1) is 9.15. The lowest BCUT2D eigenvalue weighted by molar-refractivity contribution is 0.0934. The molecule has 5 nitrogen and oxygen atoms in total. The smallest absolute Gasteiger partial charge is 0.351 e. The number of rotatable bonds is 4. The fourth-order valence-corrected chi connectivity index (χ4v) is 1.91. The minimum atomic E-state index is -0.504. The van der Waals surface area contributed by atoms with E-state index in [1.54, 1.807) is 19.2 Å². The number of hydrogen-bond acceptors (Lipinski definition) is 3. The zero-order valence-corrected chi connectivity index (χ0v) is 11.0. The third-order valence-electron chi connectivity index (χ3n) is 2.79. The van der Waals surface area contributed by atoms with E-state index in [0.717, 1.165) is 6.42 Å². The van der Waals surface area contributed by atoms with Crippen LogP contribution in [0.15, 0.2) is 39.6 Å². The quantitative estimate of drug-likeness (QED) is 0.911. The molecular formula is C14H16N2O3. The zero-order chi connectivity index (χ0) is 13.8. The molecule has 0 bridgehead atoms. The van der Waals surface area contributed by atoms with Crippen LogP contribution in [0.3, 0.4) is 0 Å². The Labute approximate surface area is 110 Å². The Hall–Kier alpha value is -2.30. The summed E-state index contributed by atoms with van der Waals surface area (Å²) in [6.45, 7) is 2.53. The summed E-state index contributed by atoms with van der Waals surface area (Å²) in [4.78, 5) is 24.0. The predicted octanol–water partition coefficient (Wildman–Crippen LogP) is 1.79. The Balaban J connectivity index is 2.50. The normalized spacial score (nSPS) is 10.4. The average Bonchev–Trinajstić information content (AvgIpc) is 2.71. The Morgan fingerprint density at radius 3 is 2.63 bits per heavy atom. The van der Waals surface area contributed by atoms with E-state index >= 15 is 0 Å². The van der Waals surface area contributed by atoms with Crippen molar-refractivity contribution in [3.63, 3.8) is 0 Å². The number of aryl methyl sites for hydroxylation is 1. The van der Waals surface area contributed by atoms with Gasteiger partial charge in [0, 0.05) is 13.6 Å². The summed E-state index contributed by atoms with van der Waals surface area (Å²) >= 11 is 0. The van der Waals surface area contributed by atoms with E-state index in [4.69, 9.17) is 4.52 Å². The third-order valence-corrected chi connectivity index (χ3v) is 2.79. The number of nitrogens with zero attached hydrogens (tertiary/aromatic N) is 1. The molecule has 1 heterocycles. The number of nitrogens with one attached hydrogen (secondary N) is 1. The van der Waals surface area contributed by atoms with Crippen molar-refractivity contribution in [2.45, 2.75) is 13.3 Å². The number of aromatic nitrogens is 1. The molecule has 1 N–H and O–H groups in total. The molecule has 0 aliphatic rings. The summed E-state index contributed by atoms with van der Waals surface area (Å²) in [6.07, 6.45) is 0.832. The molecule has 5 heteroatoms. The Morgan fingerprint density at radius 2 is 2.00 bits per heavy atom. The number of hydrogen-bond donors (Lipinski definition) is 1. The van der Waals surface area contributed by atoms with Gasteiger partial charge in [0.25, 0.3) is 5.91 Å². The summed E-state index contributed by atoms with van der Waals surface area (Å²) in [6, 6.07) is 9.04. The minimum absolute atomic E-state index is 0.254. The predicted molar refractivity (Wildman–Crippen MR) is 72.0 cm³/mol. The maximum Gasteiger partial charge on any atom is 0.366 e. The van der Waals surface area contributed by atoms with E-state index < -0.39 is 5.63 Å². The van der Waals surface area contributed by atoms with E-state index in [2.05, 4.69) is 5.32 Å². The molecule has 100 valence electrons. The van der Waals surface area contributed by atoms with E-state index in [9.17, 15) is 9.59 Å². The summed E-state index contributed by atoms with van der Waals surface area (Å²) < 4.78 is 6.22. The standard InChI is InChI=1S/C14H16N2O3/c1-3-9-15-13(17)12-11(14(18)19-16(12)2)10-7-5-4-6-8-10/h4-8H,3,9H2,1-2H3,(H,15,17). The first kappa shape index (κ1) is 13.1. The maximum atomic E-state index is 12.1. The van der Waals surface area contributed by atoms with Gasteiger partial charge >= 0.3 is 5.63 Å². The molecule has 1 aromatic carbocycles. The van der Waals surface area contributed by atoms with Gasteiger partial charge in [0.15, 0.2) is 5.69 Å². The lowest BCUT2D eigenvalue weighted by Gasteiger charge is -2.05. The summed E-state index contributed by atoms with van der Waals surface area (Å²) in [5.74, 6) is -0.297. The van der Waals surface area contributed by atoms with Gasteiger partial charge in [-0.25, -0.2) is 9.53 Å². The molecule has 0 aliphatic heterocycles. The van der Waals surface area contributed by atoms with Crippen molar-refractivity contribution in [1.29, 1.82) is 0 Å². The molecule has 0 saturated heterocycles. The lowest BCUT2D eigenvalue weighted by Crippen LogP contribution is -2.26. The van der Waals surface area contributed by atoms with Crippen molar-refractivity contribution in [2.75, 3.05) is 6.54 Å². The van der Waals surface area contributed by atoms with E-state index in [1.165, 1.54) is 4.74 Å². The largest absolute Gasteiger partial charge is 0.366 e. The van der Waals surface area contributed by atoms with Crippen LogP contribution in [0.2, 0.25) is 0 Å².